The number of amides is 2. The van der Waals surface area contributed by atoms with Crippen molar-refractivity contribution in [3.8, 4) is 0 Å². The van der Waals surface area contributed by atoms with Crippen molar-refractivity contribution < 1.29 is 14.0 Å². The highest BCUT2D eigenvalue weighted by atomic mass is 16.3. The average molecular weight is 334 g/mol. The van der Waals surface area contributed by atoms with Crippen LogP contribution in [0.5, 0.6) is 0 Å². The zero-order chi connectivity index (χ0) is 17.7. The SMILES string of the molecule is CCNC(=O)C(N=C(N)N1CCN(CC)C(=O)C1=N)c1ccco1. The third-order valence-corrected chi connectivity index (χ3v) is 3.68. The van der Waals surface area contributed by atoms with Gasteiger partial charge in [-0.1, -0.05) is 0 Å². The molecule has 4 N–H and O–H groups in total. The molecule has 1 aliphatic heterocycles. The van der Waals surface area contributed by atoms with E-state index in [0.29, 0.717) is 31.9 Å². The van der Waals surface area contributed by atoms with E-state index in [4.69, 9.17) is 15.6 Å². The predicted molar refractivity (Wildman–Crippen MR) is 88.4 cm³/mol. The molecule has 1 unspecified atom stereocenters. The van der Waals surface area contributed by atoms with Gasteiger partial charge in [-0.05, 0) is 26.0 Å². The van der Waals surface area contributed by atoms with Gasteiger partial charge < -0.3 is 20.4 Å². The van der Waals surface area contributed by atoms with Crippen LogP contribution in [-0.4, -0.2) is 59.6 Å². The number of carbonyl (C=O) groups excluding carboxylic acids is 2. The van der Waals surface area contributed by atoms with Crippen molar-refractivity contribution in [3.05, 3.63) is 24.2 Å². The lowest BCUT2D eigenvalue weighted by atomic mass is 10.2. The summed E-state index contributed by atoms with van der Waals surface area (Å²) in [4.78, 5) is 31.4. The highest BCUT2D eigenvalue weighted by Crippen LogP contribution is 2.19. The maximum Gasteiger partial charge on any atom is 0.289 e. The molecule has 2 amide bonds. The lowest BCUT2D eigenvalue weighted by molar-refractivity contribution is -0.126. The molecular weight excluding hydrogens is 312 g/mol. The summed E-state index contributed by atoms with van der Waals surface area (Å²) in [5.41, 5.74) is 5.97. The Balaban J connectivity index is 2.24. The molecule has 0 bridgehead atoms. The normalized spacial score (nSPS) is 17.2. The third-order valence-electron chi connectivity index (χ3n) is 3.68. The monoisotopic (exact) mass is 334 g/mol. The fourth-order valence-corrected chi connectivity index (χ4v) is 2.40. The van der Waals surface area contributed by atoms with Crippen LogP contribution in [0.25, 0.3) is 0 Å². The van der Waals surface area contributed by atoms with Gasteiger partial charge in [-0.2, -0.15) is 0 Å². The summed E-state index contributed by atoms with van der Waals surface area (Å²) in [6.07, 6.45) is 1.44. The molecule has 24 heavy (non-hydrogen) atoms. The number of furan rings is 1. The molecular formula is C15H22N6O3. The minimum absolute atomic E-state index is 0.0586. The van der Waals surface area contributed by atoms with E-state index in [-0.39, 0.29) is 17.7 Å². The van der Waals surface area contributed by atoms with Crippen LogP contribution in [0.3, 0.4) is 0 Å². The first-order valence-corrected chi connectivity index (χ1v) is 7.79. The summed E-state index contributed by atoms with van der Waals surface area (Å²) < 4.78 is 5.26. The third kappa shape index (κ3) is 3.55. The zero-order valence-corrected chi connectivity index (χ0v) is 13.8. The summed E-state index contributed by atoms with van der Waals surface area (Å²) in [7, 11) is 0. The Morgan fingerprint density at radius 3 is 2.83 bits per heavy atom. The van der Waals surface area contributed by atoms with Gasteiger partial charge in [0.25, 0.3) is 11.8 Å². The smallest absolute Gasteiger partial charge is 0.289 e. The van der Waals surface area contributed by atoms with E-state index in [2.05, 4.69) is 10.3 Å². The standard InChI is InChI=1S/C15H22N6O3/c1-3-18-13(22)11(10-6-5-9-24-10)19-15(17)21-8-7-20(4-2)14(23)12(21)16/h5-6,9,11,16H,3-4,7-8H2,1-2H3,(H2,17,19)(H,18,22). The summed E-state index contributed by atoms with van der Waals surface area (Å²) in [6, 6.07) is 2.31. The van der Waals surface area contributed by atoms with Crippen LogP contribution in [0.4, 0.5) is 0 Å². The fourth-order valence-electron chi connectivity index (χ4n) is 2.40. The molecule has 9 nitrogen and oxygen atoms in total. The Morgan fingerprint density at radius 1 is 1.50 bits per heavy atom. The van der Waals surface area contributed by atoms with E-state index in [0.717, 1.165) is 0 Å². The van der Waals surface area contributed by atoms with Gasteiger partial charge >= 0.3 is 0 Å². The fraction of sp³-hybridized carbons (Fsp3) is 0.467. The molecule has 1 aliphatic rings. The van der Waals surface area contributed by atoms with E-state index in [9.17, 15) is 9.59 Å². The lowest BCUT2D eigenvalue weighted by Gasteiger charge is -2.34. The quantitative estimate of drug-likeness (QED) is 0.512. The number of carbonyl (C=O) groups is 2. The van der Waals surface area contributed by atoms with Gasteiger partial charge in [-0.3, -0.25) is 19.9 Å². The Kier molecular flexibility index (Phi) is 5.56. The summed E-state index contributed by atoms with van der Waals surface area (Å²) in [6.45, 7) is 5.41. The zero-order valence-electron chi connectivity index (χ0n) is 13.8. The first-order valence-electron chi connectivity index (χ1n) is 7.79. The van der Waals surface area contributed by atoms with Crippen molar-refractivity contribution in [2.75, 3.05) is 26.2 Å². The van der Waals surface area contributed by atoms with Crippen LogP contribution in [0.15, 0.2) is 27.8 Å². The highest BCUT2D eigenvalue weighted by molar-refractivity contribution is 6.39. The predicted octanol–water partition coefficient (Wildman–Crippen LogP) is -0.0871. The molecule has 0 aromatic carbocycles. The molecule has 0 radical (unpaired) electrons. The van der Waals surface area contributed by atoms with E-state index in [1.54, 1.807) is 24.0 Å². The average Bonchev–Trinajstić information content (AvgIpc) is 3.09. The molecule has 1 atom stereocenters. The molecule has 2 rings (SSSR count). The van der Waals surface area contributed by atoms with Gasteiger partial charge in [-0.25, -0.2) is 4.99 Å². The second-order valence-electron chi connectivity index (χ2n) is 5.18. The molecule has 130 valence electrons. The first-order chi connectivity index (χ1) is 11.5. The molecule has 1 fully saturated rings. The van der Waals surface area contributed by atoms with Gasteiger partial charge in [0.2, 0.25) is 0 Å². The van der Waals surface area contributed by atoms with Crippen LogP contribution in [0.2, 0.25) is 0 Å². The van der Waals surface area contributed by atoms with Gasteiger partial charge in [-0.15, -0.1) is 0 Å². The van der Waals surface area contributed by atoms with Crippen molar-refractivity contribution in [2.45, 2.75) is 19.9 Å². The van der Waals surface area contributed by atoms with Crippen molar-refractivity contribution in [2.24, 2.45) is 10.7 Å². The first kappa shape index (κ1) is 17.5. The van der Waals surface area contributed by atoms with Crippen molar-refractivity contribution in [3.63, 3.8) is 0 Å². The Labute approximate surface area is 140 Å². The van der Waals surface area contributed by atoms with Gasteiger partial charge in [0, 0.05) is 26.2 Å². The highest BCUT2D eigenvalue weighted by Gasteiger charge is 2.31. The number of nitrogens with one attached hydrogen (secondary N) is 2. The molecule has 0 aliphatic carbocycles. The van der Waals surface area contributed by atoms with Gasteiger partial charge in [0.1, 0.15) is 5.76 Å². The van der Waals surface area contributed by atoms with Gasteiger partial charge in [0.05, 0.1) is 6.26 Å². The number of hydrogen-bond acceptors (Lipinski definition) is 5. The minimum atomic E-state index is -0.966. The molecule has 0 spiro atoms. The number of aliphatic imine (C=N–C) groups is 1. The number of guanidine groups is 1. The van der Waals surface area contributed by atoms with E-state index < -0.39 is 11.9 Å². The minimum Gasteiger partial charge on any atom is -0.466 e. The van der Waals surface area contributed by atoms with E-state index in [1.807, 2.05) is 6.92 Å². The number of nitrogens with two attached hydrogens (primary N) is 1. The second kappa shape index (κ2) is 7.62. The van der Waals surface area contributed by atoms with Crippen LogP contribution in [-0.2, 0) is 9.59 Å². The summed E-state index contributed by atoms with van der Waals surface area (Å²) in [5.74, 6) is -0.737. The number of nitrogens with zero attached hydrogens (tertiary/aromatic N) is 3. The molecule has 9 heteroatoms. The summed E-state index contributed by atoms with van der Waals surface area (Å²) >= 11 is 0. The number of hydrogen-bond donors (Lipinski definition) is 3. The van der Waals surface area contributed by atoms with Crippen molar-refractivity contribution >= 4 is 23.6 Å². The van der Waals surface area contributed by atoms with E-state index >= 15 is 0 Å². The largest absolute Gasteiger partial charge is 0.466 e. The summed E-state index contributed by atoms with van der Waals surface area (Å²) in [5, 5.41) is 10.6. The number of rotatable bonds is 5. The van der Waals surface area contributed by atoms with Crippen LogP contribution < -0.4 is 11.1 Å². The topological polar surface area (TPSA) is 128 Å². The van der Waals surface area contributed by atoms with Gasteiger partial charge in [0.15, 0.2) is 17.8 Å². The Morgan fingerprint density at radius 2 is 2.25 bits per heavy atom. The molecule has 2 heterocycles. The van der Waals surface area contributed by atoms with Crippen molar-refractivity contribution in [1.82, 2.24) is 15.1 Å². The number of piperazine rings is 1. The Hall–Kier alpha value is -2.84. The number of amidine groups is 1. The van der Waals surface area contributed by atoms with Crippen LogP contribution >= 0.6 is 0 Å². The number of likely N-dealkylation sites (N-methyl/N-ethyl adjacent to an activating group) is 2. The van der Waals surface area contributed by atoms with Crippen LogP contribution in [0.1, 0.15) is 25.6 Å². The maximum absolute atomic E-state index is 12.2. The maximum atomic E-state index is 12.2. The second-order valence-corrected chi connectivity index (χ2v) is 5.18. The molecule has 1 aromatic rings. The lowest BCUT2D eigenvalue weighted by Crippen LogP contribution is -2.57. The van der Waals surface area contributed by atoms with E-state index in [1.165, 1.54) is 11.2 Å². The van der Waals surface area contributed by atoms with Crippen molar-refractivity contribution in [1.29, 1.82) is 5.41 Å². The molecule has 1 aromatic heterocycles. The molecule has 1 saturated heterocycles. The Bertz CT molecular complexity index is 640. The molecule has 0 saturated carbocycles. The van der Waals surface area contributed by atoms with Crippen LogP contribution in [0, 0.1) is 5.41 Å².